The van der Waals surface area contributed by atoms with E-state index in [1.807, 2.05) is 18.2 Å². The van der Waals surface area contributed by atoms with Crippen molar-refractivity contribution in [3.05, 3.63) is 18.2 Å². The molecule has 1 aromatic carbocycles. The molecular formula is C13H18N2O2S. The Balaban J connectivity index is 2.29. The third-order valence-corrected chi connectivity index (χ3v) is 4.11. The molecule has 0 aromatic heterocycles. The van der Waals surface area contributed by atoms with E-state index in [1.165, 1.54) is 0 Å². The van der Waals surface area contributed by atoms with Crippen LogP contribution in [0.1, 0.15) is 13.8 Å². The maximum absolute atomic E-state index is 11.6. The molecule has 1 aliphatic rings. The summed E-state index contributed by atoms with van der Waals surface area (Å²) in [5.74, 6) is 0.731. The average molecular weight is 266 g/mol. The SMILES string of the molecule is CN1C(=O)COc2ccc(SC(C)(C)CN)cc21. The molecule has 0 fully saturated rings. The lowest BCUT2D eigenvalue weighted by Gasteiger charge is -2.27. The predicted octanol–water partition coefficient (Wildman–Crippen LogP) is 1.87. The van der Waals surface area contributed by atoms with E-state index in [0.29, 0.717) is 6.54 Å². The zero-order valence-corrected chi connectivity index (χ0v) is 11.7. The molecule has 98 valence electrons. The smallest absolute Gasteiger partial charge is 0.264 e. The van der Waals surface area contributed by atoms with Gasteiger partial charge < -0.3 is 15.4 Å². The first kappa shape index (κ1) is 13.2. The van der Waals surface area contributed by atoms with E-state index >= 15 is 0 Å². The van der Waals surface area contributed by atoms with Crippen LogP contribution in [0.3, 0.4) is 0 Å². The minimum atomic E-state index is -0.0252. The number of benzene rings is 1. The zero-order valence-electron chi connectivity index (χ0n) is 10.9. The monoisotopic (exact) mass is 266 g/mol. The van der Waals surface area contributed by atoms with Gasteiger partial charge in [0, 0.05) is 23.2 Å². The summed E-state index contributed by atoms with van der Waals surface area (Å²) in [6, 6.07) is 5.90. The standard InChI is InChI=1S/C13H18N2O2S/c1-13(2,8-14)18-9-4-5-11-10(6-9)15(3)12(16)7-17-11/h4-6H,7-8,14H2,1-3H3. The number of anilines is 1. The topological polar surface area (TPSA) is 55.6 Å². The Morgan fingerprint density at radius 3 is 2.89 bits per heavy atom. The molecule has 0 aliphatic carbocycles. The molecule has 0 radical (unpaired) electrons. The van der Waals surface area contributed by atoms with Gasteiger partial charge in [0.25, 0.3) is 5.91 Å². The van der Waals surface area contributed by atoms with Crippen molar-refractivity contribution < 1.29 is 9.53 Å². The Morgan fingerprint density at radius 2 is 2.22 bits per heavy atom. The van der Waals surface area contributed by atoms with E-state index in [4.69, 9.17) is 10.5 Å². The summed E-state index contributed by atoms with van der Waals surface area (Å²) in [5, 5.41) is 0. The molecule has 1 aromatic rings. The lowest BCUT2D eigenvalue weighted by Crippen LogP contribution is -2.35. The molecule has 0 bridgehead atoms. The summed E-state index contributed by atoms with van der Waals surface area (Å²) in [7, 11) is 1.77. The van der Waals surface area contributed by atoms with Crippen molar-refractivity contribution in [2.24, 2.45) is 5.73 Å². The van der Waals surface area contributed by atoms with Gasteiger partial charge in [-0.2, -0.15) is 0 Å². The molecule has 1 amide bonds. The summed E-state index contributed by atoms with van der Waals surface area (Å²) < 4.78 is 5.37. The number of fused-ring (bicyclic) bond motifs is 1. The van der Waals surface area contributed by atoms with E-state index in [-0.39, 0.29) is 17.3 Å². The van der Waals surface area contributed by atoms with Gasteiger partial charge in [0.2, 0.25) is 0 Å². The van der Waals surface area contributed by atoms with Crippen molar-refractivity contribution in [2.75, 3.05) is 25.1 Å². The molecule has 0 saturated carbocycles. The second-order valence-electron chi connectivity index (χ2n) is 4.94. The van der Waals surface area contributed by atoms with Crippen molar-refractivity contribution in [1.29, 1.82) is 0 Å². The highest BCUT2D eigenvalue weighted by molar-refractivity contribution is 8.00. The third-order valence-electron chi connectivity index (χ3n) is 2.90. The number of amides is 1. The van der Waals surface area contributed by atoms with Crippen molar-refractivity contribution in [3.8, 4) is 5.75 Å². The Morgan fingerprint density at radius 1 is 1.50 bits per heavy atom. The van der Waals surface area contributed by atoms with Gasteiger partial charge in [0.05, 0.1) is 5.69 Å². The Kier molecular flexibility index (Phi) is 3.54. The maximum Gasteiger partial charge on any atom is 0.264 e. The van der Waals surface area contributed by atoms with Gasteiger partial charge in [-0.15, -0.1) is 11.8 Å². The van der Waals surface area contributed by atoms with Crippen LogP contribution in [0.5, 0.6) is 5.75 Å². The van der Waals surface area contributed by atoms with E-state index in [1.54, 1.807) is 23.7 Å². The van der Waals surface area contributed by atoms with Gasteiger partial charge in [-0.05, 0) is 32.0 Å². The number of likely N-dealkylation sites (N-methyl/N-ethyl adjacent to an activating group) is 1. The summed E-state index contributed by atoms with van der Waals surface area (Å²) in [6.45, 7) is 4.91. The number of nitrogens with two attached hydrogens (primary N) is 1. The predicted molar refractivity (Wildman–Crippen MR) is 74.3 cm³/mol. The van der Waals surface area contributed by atoms with Crippen molar-refractivity contribution in [3.63, 3.8) is 0 Å². The summed E-state index contributed by atoms with van der Waals surface area (Å²) in [4.78, 5) is 14.3. The van der Waals surface area contributed by atoms with Crippen molar-refractivity contribution in [2.45, 2.75) is 23.5 Å². The van der Waals surface area contributed by atoms with Crippen LogP contribution in [0.15, 0.2) is 23.1 Å². The van der Waals surface area contributed by atoms with Crippen molar-refractivity contribution >= 4 is 23.4 Å². The maximum atomic E-state index is 11.6. The van der Waals surface area contributed by atoms with Crippen LogP contribution >= 0.6 is 11.8 Å². The number of rotatable bonds is 3. The summed E-state index contributed by atoms with van der Waals surface area (Å²) in [5.41, 5.74) is 6.55. The van der Waals surface area contributed by atoms with Crippen LogP contribution < -0.4 is 15.4 Å². The van der Waals surface area contributed by atoms with E-state index in [0.717, 1.165) is 16.3 Å². The number of hydrogen-bond acceptors (Lipinski definition) is 4. The van der Waals surface area contributed by atoms with E-state index < -0.39 is 0 Å². The van der Waals surface area contributed by atoms with Gasteiger partial charge in [-0.25, -0.2) is 0 Å². The molecule has 0 atom stereocenters. The normalized spacial score (nSPS) is 15.3. The molecule has 5 heteroatoms. The van der Waals surface area contributed by atoms with Crippen LogP contribution in [0, 0.1) is 0 Å². The number of thioether (sulfide) groups is 1. The van der Waals surface area contributed by atoms with Crippen LogP contribution in [0.4, 0.5) is 5.69 Å². The number of ether oxygens (including phenoxy) is 1. The van der Waals surface area contributed by atoms with Crippen LogP contribution in [0.2, 0.25) is 0 Å². The molecular weight excluding hydrogens is 248 g/mol. The molecule has 2 rings (SSSR count). The summed E-state index contributed by atoms with van der Waals surface area (Å²) in [6.07, 6.45) is 0. The molecule has 1 aliphatic heterocycles. The van der Waals surface area contributed by atoms with E-state index in [9.17, 15) is 4.79 Å². The van der Waals surface area contributed by atoms with Gasteiger partial charge in [0.1, 0.15) is 5.75 Å². The first-order valence-corrected chi connectivity index (χ1v) is 6.67. The number of hydrogen-bond donors (Lipinski definition) is 1. The first-order chi connectivity index (χ1) is 8.43. The largest absolute Gasteiger partial charge is 0.482 e. The molecule has 18 heavy (non-hydrogen) atoms. The lowest BCUT2D eigenvalue weighted by atomic mass is 10.2. The highest BCUT2D eigenvalue weighted by atomic mass is 32.2. The quantitative estimate of drug-likeness (QED) is 0.849. The lowest BCUT2D eigenvalue weighted by molar-refractivity contribution is -0.120. The molecule has 0 unspecified atom stereocenters. The highest BCUT2D eigenvalue weighted by Crippen LogP contribution is 2.38. The number of carbonyl (C=O) groups is 1. The minimum absolute atomic E-state index is 0.0215. The van der Waals surface area contributed by atoms with E-state index in [2.05, 4.69) is 13.8 Å². The van der Waals surface area contributed by atoms with Crippen molar-refractivity contribution in [1.82, 2.24) is 0 Å². The Hall–Kier alpha value is -1.20. The Bertz CT molecular complexity index is 474. The first-order valence-electron chi connectivity index (χ1n) is 5.85. The summed E-state index contributed by atoms with van der Waals surface area (Å²) >= 11 is 1.70. The van der Waals surface area contributed by atoms with Gasteiger partial charge in [-0.3, -0.25) is 4.79 Å². The second kappa shape index (κ2) is 4.82. The van der Waals surface area contributed by atoms with Crippen LogP contribution in [-0.2, 0) is 4.79 Å². The molecule has 0 saturated heterocycles. The van der Waals surface area contributed by atoms with Gasteiger partial charge in [0.15, 0.2) is 6.61 Å². The molecule has 1 heterocycles. The van der Waals surface area contributed by atoms with Gasteiger partial charge in [-0.1, -0.05) is 0 Å². The highest BCUT2D eigenvalue weighted by Gasteiger charge is 2.24. The molecule has 2 N–H and O–H groups in total. The van der Waals surface area contributed by atoms with Crippen LogP contribution in [-0.4, -0.2) is 30.9 Å². The Labute approximate surface area is 111 Å². The average Bonchev–Trinajstić information content (AvgIpc) is 2.34. The fraction of sp³-hybridized carbons (Fsp3) is 0.462. The second-order valence-corrected chi connectivity index (χ2v) is 6.72. The molecule has 4 nitrogen and oxygen atoms in total. The number of carbonyl (C=O) groups excluding carboxylic acids is 1. The minimum Gasteiger partial charge on any atom is -0.482 e. The molecule has 0 spiro atoms. The zero-order chi connectivity index (χ0) is 13.3. The third kappa shape index (κ3) is 2.62. The van der Waals surface area contributed by atoms with Crippen LogP contribution in [0.25, 0.3) is 0 Å². The number of nitrogens with zero attached hydrogens (tertiary/aromatic N) is 1. The van der Waals surface area contributed by atoms with Gasteiger partial charge >= 0.3 is 0 Å². The fourth-order valence-corrected chi connectivity index (χ4v) is 2.70. The fourth-order valence-electron chi connectivity index (χ4n) is 1.68.